The van der Waals surface area contributed by atoms with Crippen LogP contribution in [0.3, 0.4) is 0 Å². The van der Waals surface area contributed by atoms with Crippen molar-refractivity contribution < 1.29 is 37.6 Å². The summed E-state index contributed by atoms with van der Waals surface area (Å²) in [5.41, 5.74) is 0. The number of rotatable bonds is 10. The Labute approximate surface area is 122 Å². The second kappa shape index (κ2) is 9.46. The number of ether oxygens (including phenoxy) is 2. The van der Waals surface area contributed by atoms with Gasteiger partial charge in [0.05, 0.1) is 13.2 Å². The lowest BCUT2D eigenvalue weighted by Crippen LogP contribution is -2.21. The minimum absolute atomic E-state index is 0.339. The van der Waals surface area contributed by atoms with E-state index in [1.807, 2.05) is 0 Å². The molecule has 9 heteroatoms. The van der Waals surface area contributed by atoms with Crippen molar-refractivity contribution in [3.05, 3.63) is 25.3 Å². The average Bonchev–Trinajstić information content (AvgIpc) is 2.43. The van der Waals surface area contributed by atoms with E-state index in [1.165, 1.54) is 13.8 Å². The van der Waals surface area contributed by atoms with Crippen LogP contribution in [0.2, 0.25) is 0 Å². The minimum Gasteiger partial charge on any atom is -0.457 e. The highest BCUT2D eigenvalue weighted by atomic mass is 31.2. The van der Waals surface area contributed by atoms with Gasteiger partial charge in [0.1, 0.15) is 12.2 Å². The predicted molar refractivity (Wildman–Crippen MR) is 73.2 cm³/mol. The normalized spacial score (nSPS) is 16.1. The van der Waals surface area contributed by atoms with Crippen LogP contribution in [-0.4, -0.2) is 42.3 Å². The third-order valence-corrected chi connectivity index (χ3v) is 2.86. The fraction of sp³-hybridized carbons (Fsp3) is 0.500. The largest absolute Gasteiger partial charge is 0.472 e. The van der Waals surface area contributed by atoms with E-state index in [4.69, 9.17) is 9.47 Å². The van der Waals surface area contributed by atoms with Gasteiger partial charge in [0.2, 0.25) is 0 Å². The van der Waals surface area contributed by atoms with Gasteiger partial charge in [-0.05, 0) is 13.8 Å². The molecule has 0 fully saturated rings. The Hall–Kier alpha value is -1.47. The summed E-state index contributed by atoms with van der Waals surface area (Å²) in [4.78, 5) is 31.1. The topological polar surface area (TPSA) is 108 Å². The first-order valence-electron chi connectivity index (χ1n) is 5.98. The molecule has 0 aromatic heterocycles. The van der Waals surface area contributed by atoms with Crippen LogP contribution in [0.4, 0.5) is 0 Å². The zero-order chi connectivity index (χ0) is 16.5. The number of hydrogen-bond acceptors (Lipinski definition) is 7. The van der Waals surface area contributed by atoms with Crippen molar-refractivity contribution in [3.63, 3.8) is 0 Å². The molecule has 0 saturated heterocycles. The zero-order valence-electron chi connectivity index (χ0n) is 11.9. The van der Waals surface area contributed by atoms with Gasteiger partial charge in [-0.25, -0.2) is 14.2 Å². The number of phosphoric acid groups is 1. The van der Waals surface area contributed by atoms with Gasteiger partial charge in [0.15, 0.2) is 0 Å². The summed E-state index contributed by atoms with van der Waals surface area (Å²) >= 11 is 0. The maximum atomic E-state index is 11.5. The first-order chi connectivity index (χ1) is 9.70. The maximum absolute atomic E-state index is 11.5. The molecule has 8 nitrogen and oxygen atoms in total. The van der Waals surface area contributed by atoms with Crippen LogP contribution in [0.5, 0.6) is 0 Å². The van der Waals surface area contributed by atoms with E-state index in [2.05, 4.69) is 22.2 Å². The maximum Gasteiger partial charge on any atom is 0.472 e. The highest BCUT2D eigenvalue weighted by Crippen LogP contribution is 2.43. The molecular weight excluding hydrogens is 303 g/mol. The Morgan fingerprint density at radius 3 is 1.67 bits per heavy atom. The molecule has 0 aromatic carbocycles. The Morgan fingerprint density at radius 1 is 1.05 bits per heavy atom. The molecule has 120 valence electrons. The highest BCUT2D eigenvalue weighted by molar-refractivity contribution is 7.47. The van der Waals surface area contributed by atoms with Gasteiger partial charge < -0.3 is 14.4 Å². The third kappa shape index (κ3) is 9.97. The van der Waals surface area contributed by atoms with Crippen molar-refractivity contribution in [3.8, 4) is 0 Å². The predicted octanol–water partition coefficient (Wildman–Crippen LogP) is 1.36. The SMILES string of the molecule is C=CC(=O)OC(C)COP(=O)(O)OCC(C)OC(=O)C=C. The molecule has 0 aliphatic heterocycles. The van der Waals surface area contributed by atoms with E-state index >= 15 is 0 Å². The van der Waals surface area contributed by atoms with Gasteiger partial charge in [-0.3, -0.25) is 9.05 Å². The molecule has 0 bridgehead atoms. The molecule has 0 aliphatic rings. The van der Waals surface area contributed by atoms with Gasteiger partial charge >= 0.3 is 19.8 Å². The summed E-state index contributed by atoms with van der Waals surface area (Å²) in [6, 6.07) is 0. The van der Waals surface area contributed by atoms with E-state index in [-0.39, 0.29) is 13.2 Å². The summed E-state index contributed by atoms with van der Waals surface area (Å²) in [6.45, 7) is 8.68. The Morgan fingerprint density at radius 2 is 1.38 bits per heavy atom. The molecule has 0 aromatic rings. The van der Waals surface area contributed by atoms with Gasteiger partial charge in [-0.15, -0.1) is 0 Å². The molecule has 0 aliphatic carbocycles. The average molecular weight is 322 g/mol. The van der Waals surface area contributed by atoms with E-state index in [9.17, 15) is 19.0 Å². The fourth-order valence-electron chi connectivity index (χ4n) is 0.996. The smallest absolute Gasteiger partial charge is 0.457 e. The number of phosphoric ester groups is 1. The molecule has 2 atom stereocenters. The van der Waals surface area contributed by atoms with Crippen LogP contribution in [0, 0.1) is 0 Å². The van der Waals surface area contributed by atoms with Crippen LogP contribution < -0.4 is 0 Å². The van der Waals surface area contributed by atoms with Crippen molar-refractivity contribution in [2.24, 2.45) is 0 Å². The van der Waals surface area contributed by atoms with E-state index in [1.54, 1.807) is 0 Å². The molecule has 0 amide bonds. The lowest BCUT2D eigenvalue weighted by atomic mass is 10.4. The number of hydrogen-bond donors (Lipinski definition) is 1. The number of esters is 2. The van der Waals surface area contributed by atoms with Crippen LogP contribution in [0.25, 0.3) is 0 Å². The van der Waals surface area contributed by atoms with Crippen LogP contribution >= 0.6 is 7.82 Å². The van der Waals surface area contributed by atoms with E-state index in [0.717, 1.165) is 12.2 Å². The molecule has 0 rings (SSSR count). The summed E-state index contributed by atoms with van der Waals surface area (Å²) in [5.74, 6) is -1.35. The number of carbonyl (C=O) groups is 2. The summed E-state index contributed by atoms with van der Waals surface area (Å²) in [6.07, 6.45) is 0.411. The Balaban J connectivity index is 4.11. The van der Waals surface area contributed by atoms with Crippen LogP contribution in [0.15, 0.2) is 25.3 Å². The molecule has 0 saturated carbocycles. The lowest BCUT2D eigenvalue weighted by Gasteiger charge is -2.17. The molecule has 1 N–H and O–H groups in total. The zero-order valence-corrected chi connectivity index (χ0v) is 12.8. The van der Waals surface area contributed by atoms with Crippen molar-refractivity contribution in [1.29, 1.82) is 0 Å². The second-order valence-corrected chi connectivity index (χ2v) is 5.42. The lowest BCUT2D eigenvalue weighted by molar-refractivity contribution is -0.143. The highest BCUT2D eigenvalue weighted by Gasteiger charge is 2.24. The summed E-state index contributed by atoms with van der Waals surface area (Å²) < 4.78 is 30.3. The Bertz CT molecular complexity index is 397. The van der Waals surface area contributed by atoms with Crippen LogP contribution in [0.1, 0.15) is 13.8 Å². The number of carbonyl (C=O) groups excluding carboxylic acids is 2. The van der Waals surface area contributed by atoms with Gasteiger partial charge in [0.25, 0.3) is 0 Å². The first kappa shape index (κ1) is 19.5. The van der Waals surface area contributed by atoms with E-state index < -0.39 is 32.0 Å². The molecule has 2 unspecified atom stereocenters. The monoisotopic (exact) mass is 322 g/mol. The third-order valence-electron chi connectivity index (χ3n) is 1.91. The minimum atomic E-state index is -4.34. The van der Waals surface area contributed by atoms with Crippen molar-refractivity contribution in [2.45, 2.75) is 26.1 Å². The molecule has 0 radical (unpaired) electrons. The van der Waals surface area contributed by atoms with Gasteiger partial charge in [-0.2, -0.15) is 0 Å². The van der Waals surface area contributed by atoms with Gasteiger partial charge in [0, 0.05) is 12.2 Å². The second-order valence-electron chi connectivity index (χ2n) is 3.96. The quantitative estimate of drug-likeness (QED) is 0.365. The summed E-state index contributed by atoms with van der Waals surface area (Å²) in [7, 11) is -4.34. The molecule has 0 heterocycles. The summed E-state index contributed by atoms with van der Waals surface area (Å²) in [5, 5.41) is 0. The standard InChI is InChI=1S/C12H19O8P/c1-5-11(13)19-9(3)7-17-21(15,16)18-8-10(4)20-12(14)6-2/h5-6,9-10H,1-2,7-8H2,3-4H3,(H,15,16). The van der Waals surface area contributed by atoms with Crippen molar-refractivity contribution >= 4 is 19.8 Å². The fourth-order valence-corrected chi connectivity index (χ4v) is 1.87. The Kier molecular flexibility index (Phi) is 8.80. The molecular formula is C12H19O8P. The van der Waals surface area contributed by atoms with Crippen LogP contribution in [-0.2, 0) is 32.7 Å². The molecule has 21 heavy (non-hydrogen) atoms. The first-order valence-corrected chi connectivity index (χ1v) is 7.47. The van der Waals surface area contributed by atoms with E-state index in [0.29, 0.717) is 0 Å². The van der Waals surface area contributed by atoms with Crippen molar-refractivity contribution in [1.82, 2.24) is 0 Å². The van der Waals surface area contributed by atoms with Gasteiger partial charge in [-0.1, -0.05) is 13.2 Å². The molecule has 0 spiro atoms. The van der Waals surface area contributed by atoms with Crippen molar-refractivity contribution in [2.75, 3.05) is 13.2 Å².